The molecule has 1 heterocycles. The maximum atomic E-state index is 12.9. The van der Waals surface area contributed by atoms with Gasteiger partial charge in [0.05, 0.1) is 11.4 Å². The van der Waals surface area contributed by atoms with Gasteiger partial charge in [-0.15, -0.1) is 11.3 Å². The Kier molecular flexibility index (Phi) is 5.34. The summed E-state index contributed by atoms with van der Waals surface area (Å²) in [7, 11) is -3.82. The van der Waals surface area contributed by atoms with Gasteiger partial charge >= 0.3 is 0 Å². The summed E-state index contributed by atoms with van der Waals surface area (Å²) in [6.45, 7) is 0.440. The Morgan fingerprint density at radius 3 is 2.31 bits per heavy atom. The van der Waals surface area contributed by atoms with Crippen molar-refractivity contribution in [1.82, 2.24) is 5.32 Å². The van der Waals surface area contributed by atoms with E-state index in [-0.39, 0.29) is 10.8 Å². The van der Waals surface area contributed by atoms with Gasteiger partial charge in [0.25, 0.3) is 15.9 Å². The van der Waals surface area contributed by atoms with E-state index in [4.69, 9.17) is 0 Å². The van der Waals surface area contributed by atoms with Crippen molar-refractivity contribution < 1.29 is 17.6 Å². The zero-order valence-corrected chi connectivity index (χ0v) is 15.1. The Morgan fingerprint density at radius 2 is 1.69 bits per heavy atom. The summed E-state index contributed by atoms with van der Waals surface area (Å²) in [4.78, 5) is 13.1. The monoisotopic (exact) mass is 390 g/mol. The SMILES string of the molecule is O=C(NCc1cccs1)c1ccc(NS(=O)(=O)c2ccc(F)cc2)cc1. The molecule has 0 aliphatic heterocycles. The maximum Gasteiger partial charge on any atom is 0.261 e. The molecule has 0 saturated heterocycles. The molecule has 0 atom stereocenters. The number of carbonyl (C=O) groups excluding carboxylic acids is 1. The largest absolute Gasteiger partial charge is 0.347 e. The molecule has 0 unspecified atom stereocenters. The van der Waals surface area contributed by atoms with Crippen molar-refractivity contribution in [3.05, 3.63) is 82.3 Å². The van der Waals surface area contributed by atoms with E-state index in [1.54, 1.807) is 11.3 Å². The van der Waals surface area contributed by atoms with E-state index in [9.17, 15) is 17.6 Å². The molecule has 1 amide bonds. The van der Waals surface area contributed by atoms with Crippen LogP contribution in [0.15, 0.2) is 70.9 Å². The number of amides is 1. The van der Waals surface area contributed by atoms with E-state index in [2.05, 4.69) is 10.0 Å². The van der Waals surface area contributed by atoms with Crippen LogP contribution in [0.2, 0.25) is 0 Å². The van der Waals surface area contributed by atoms with Crippen LogP contribution in [0.1, 0.15) is 15.2 Å². The normalized spacial score (nSPS) is 11.1. The van der Waals surface area contributed by atoms with Crippen LogP contribution in [-0.2, 0) is 16.6 Å². The number of nitrogens with one attached hydrogen (secondary N) is 2. The van der Waals surface area contributed by atoms with Gasteiger partial charge in [-0.1, -0.05) is 6.07 Å². The smallest absolute Gasteiger partial charge is 0.261 e. The number of sulfonamides is 1. The molecule has 2 N–H and O–H groups in total. The third-order valence-electron chi connectivity index (χ3n) is 3.53. The molecule has 0 saturated carbocycles. The predicted molar refractivity (Wildman–Crippen MR) is 99.1 cm³/mol. The summed E-state index contributed by atoms with van der Waals surface area (Å²) < 4.78 is 39.8. The standard InChI is InChI=1S/C18H15FN2O3S2/c19-14-5-9-17(10-6-14)26(23,24)21-15-7-3-13(4-8-15)18(22)20-12-16-2-1-11-25-16/h1-11,21H,12H2,(H,20,22). The summed E-state index contributed by atoms with van der Waals surface area (Å²) >= 11 is 1.55. The highest BCUT2D eigenvalue weighted by Gasteiger charge is 2.14. The lowest BCUT2D eigenvalue weighted by atomic mass is 10.2. The van der Waals surface area contributed by atoms with E-state index in [0.29, 0.717) is 17.8 Å². The number of hydrogen-bond donors (Lipinski definition) is 2. The van der Waals surface area contributed by atoms with Gasteiger partial charge in [0, 0.05) is 16.1 Å². The van der Waals surface area contributed by atoms with Gasteiger partial charge in [-0.25, -0.2) is 12.8 Å². The Balaban J connectivity index is 1.65. The molecule has 134 valence electrons. The van der Waals surface area contributed by atoms with Crippen LogP contribution in [0.4, 0.5) is 10.1 Å². The summed E-state index contributed by atoms with van der Waals surface area (Å²) in [5.41, 5.74) is 0.732. The molecular formula is C18H15FN2O3S2. The third kappa shape index (κ3) is 4.47. The van der Waals surface area contributed by atoms with Gasteiger partial charge in [-0.05, 0) is 60.0 Å². The van der Waals surface area contributed by atoms with Gasteiger partial charge < -0.3 is 5.32 Å². The average molecular weight is 390 g/mol. The van der Waals surface area contributed by atoms with Gasteiger partial charge in [0.1, 0.15) is 5.82 Å². The van der Waals surface area contributed by atoms with Crippen molar-refractivity contribution in [1.29, 1.82) is 0 Å². The minimum atomic E-state index is -3.82. The highest BCUT2D eigenvalue weighted by Crippen LogP contribution is 2.17. The summed E-state index contributed by atoms with van der Waals surface area (Å²) in [6.07, 6.45) is 0. The molecular weight excluding hydrogens is 375 g/mol. The van der Waals surface area contributed by atoms with Crippen molar-refractivity contribution in [3.8, 4) is 0 Å². The van der Waals surface area contributed by atoms with Crippen LogP contribution in [0.5, 0.6) is 0 Å². The van der Waals surface area contributed by atoms with Crippen molar-refractivity contribution in [2.75, 3.05) is 4.72 Å². The Labute approximate surface area is 154 Å². The number of hydrogen-bond acceptors (Lipinski definition) is 4. The second-order valence-electron chi connectivity index (χ2n) is 5.40. The number of benzene rings is 2. The van der Waals surface area contributed by atoms with Crippen molar-refractivity contribution in [2.45, 2.75) is 11.4 Å². The minimum Gasteiger partial charge on any atom is -0.347 e. The second kappa shape index (κ2) is 7.67. The van der Waals surface area contributed by atoms with Crippen molar-refractivity contribution in [2.24, 2.45) is 0 Å². The highest BCUT2D eigenvalue weighted by molar-refractivity contribution is 7.92. The van der Waals surface area contributed by atoms with Gasteiger partial charge in [0.15, 0.2) is 0 Å². The number of anilines is 1. The van der Waals surface area contributed by atoms with Crippen molar-refractivity contribution in [3.63, 3.8) is 0 Å². The predicted octanol–water partition coefficient (Wildman–Crippen LogP) is 3.62. The highest BCUT2D eigenvalue weighted by atomic mass is 32.2. The molecule has 1 aromatic heterocycles. The number of halogens is 1. The number of rotatable bonds is 6. The summed E-state index contributed by atoms with van der Waals surface area (Å²) in [5.74, 6) is -0.756. The molecule has 0 aliphatic carbocycles. The zero-order chi connectivity index (χ0) is 18.6. The van der Waals surface area contributed by atoms with E-state index in [1.165, 1.54) is 36.4 Å². The first kappa shape index (κ1) is 18.1. The number of thiophene rings is 1. The third-order valence-corrected chi connectivity index (χ3v) is 5.80. The molecule has 2 aromatic carbocycles. The lowest BCUT2D eigenvalue weighted by Gasteiger charge is -2.09. The summed E-state index contributed by atoms with van der Waals surface area (Å²) in [5, 5.41) is 4.73. The van der Waals surface area contributed by atoms with Crippen LogP contribution in [0.3, 0.4) is 0 Å². The van der Waals surface area contributed by atoms with Gasteiger partial charge in [0.2, 0.25) is 0 Å². The van der Waals surface area contributed by atoms with Crippen LogP contribution < -0.4 is 10.0 Å². The second-order valence-corrected chi connectivity index (χ2v) is 8.11. The average Bonchev–Trinajstić information content (AvgIpc) is 3.14. The molecule has 5 nitrogen and oxygen atoms in total. The fourth-order valence-electron chi connectivity index (χ4n) is 2.20. The lowest BCUT2D eigenvalue weighted by molar-refractivity contribution is 0.0951. The lowest BCUT2D eigenvalue weighted by Crippen LogP contribution is -2.22. The van der Waals surface area contributed by atoms with Gasteiger partial charge in [-0.3, -0.25) is 9.52 Å². The maximum absolute atomic E-state index is 12.9. The zero-order valence-electron chi connectivity index (χ0n) is 13.5. The molecule has 3 aromatic rings. The first-order valence-corrected chi connectivity index (χ1v) is 9.99. The topological polar surface area (TPSA) is 75.3 Å². The fraction of sp³-hybridized carbons (Fsp3) is 0.0556. The Morgan fingerprint density at radius 1 is 1.00 bits per heavy atom. The van der Waals surface area contributed by atoms with Crippen LogP contribution in [-0.4, -0.2) is 14.3 Å². The van der Waals surface area contributed by atoms with Crippen molar-refractivity contribution >= 4 is 33.0 Å². The first-order chi connectivity index (χ1) is 12.4. The molecule has 26 heavy (non-hydrogen) atoms. The van der Waals surface area contributed by atoms with Gasteiger partial charge in [-0.2, -0.15) is 0 Å². The minimum absolute atomic E-state index is 0.0448. The fourth-order valence-corrected chi connectivity index (χ4v) is 3.90. The molecule has 0 radical (unpaired) electrons. The molecule has 0 spiro atoms. The summed E-state index contributed by atoms with van der Waals surface area (Å²) in [6, 6.07) is 14.4. The van der Waals surface area contributed by atoms with Crippen LogP contribution in [0.25, 0.3) is 0 Å². The molecule has 0 bridgehead atoms. The first-order valence-electron chi connectivity index (χ1n) is 7.63. The molecule has 0 aliphatic rings. The number of carbonyl (C=O) groups is 1. The van der Waals surface area contributed by atoms with E-state index < -0.39 is 15.8 Å². The van der Waals surface area contributed by atoms with E-state index in [0.717, 1.165) is 17.0 Å². The van der Waals surface area contributed by atoms with Crippen LogP contribution >= 0.6 is 11.3 Å². The molecule has 0 fully saturated rings. The van der Waals surface area contributed by atoms with Crippen LogP contribution in [0, 0.1) is 5.82 Å². The molecule has 3 rings (SSSR count). The molecule has 8 heteroatoms. The van der Waals surface area contributed by atoms with E-state index in [1.807, 2.05) is 17.5 Å². The Hall–Kier alpha value is -2.71. The van der Waals surface area contributed by atoms with E-state index >= 15 is 0 Å². The quantitative estimate of drug-likeness (QED) is 0.675. The Bertz CT molecular complexity index is 984.